The Morgan fingerprint density at radius 1 is 1.11 bits per heavy atom. The van der Waals surface area contributed by atoms with Gasteiger partial charge in [0.05, 0.1) is 0 Å². The molecule has 0 bridgehead atoms. The van der Waals surface area contributed by atoms with Crippen LogP contribution >= 0.6 is 22.9 Å². The van der Waals surface area contributed by atoms with E-state index < -0.39 is 0 Å². The summed E-state index contributed by atoms with van der Waals surface area (Å²) in [5.41, 5.74) is 1.17. The van der Waals surface area contributed by atoms with E-state index in [1.165, 1.54) is 0 Å². The Kier molecular flexibility index (Phi) is 3.29. The Bertz CT molecular complexity index is 805. The molecular formula is C16H13ClOS. The molecule has 2 aromatic carbocycles. The number of rotatable bonds is 2. The number of alkyl halides is 1. The Balaban J connectivity index is 2.42. The van der Waals surface area contributed by atoms with E-state index in [0.717, 1.165) is 32.2 Å². The quantitative estimate of drug-likeness (QED) is 0.498. The SMILES string of the molecule is CC(Cl)Cc1cccc2sc3ccccc3c(=O)c12. The van der Waals surface area contributed by atoms with Crippen molar-refractivity contribution in [1.29, 1.82) is 0 Å². The fourth-order valence-corrected chi connectivity index (χ4v) is 3.68. The summed E-state index contributed by atoms with van der Waals surface area (Å²) in [6.45, 7) is 1.95. The Hall–Kier alpha value is -1.38. The van der Waals surface area contributed by atoms with E-state index in [4.69, 9.17) is 11.6 Å². The second-order valence-corrected chi connectivity index (χ2v) is 6.53. The summed E-state index contributed by atoms with van der Waals surface area (Å²) in [5.74, 6) is 0. The van der Waals surface area contributed by atoms with Crippen LogP contribution in [0.15, 0.2) is 47.3 Å². The van der Waals surface area contributed by atoms with Crippen LogP contribution in [0.25, 0.3) is 20.2 Å². The van der Waals surface area contributed by atoms with Crippen LogP contribution < -0.4 is 5.43 Å². The molecule has 0 aliphatic carbocycles. The van der Waals surface area contributed by atoms with E-state index in [1.807, 2.05) is 49.4 Å². The van der Waals surface area contributed by atoms with Crippen molar-refractivity contribution in [3.05, 3.63) is 58.3 Å². The molecule has 0 spiro atoms. The lowest BCUT2D eigenvalue weighted by molar-refractivity contribution is 0.939. The van der Waals surface area contributed by atoms with E-state index in [9.17, 15) is 4.79 Å². The summed E-state index contributed by atoms with van der Waals surface area (Å²) in [6, 6.07) is 13.8. The third-order valence-electron chi connectivity index (χ3n) is 3.19. The highest BCUT2D eigenvalue weighted by molar-refractivity contribution is 7.24. The highest BCUT2D eigenvalue weighted by atomic mass is 35.5. The van der Waals surface area contributed by atoms with Crippen LogP contribution in [0.5, 0.6) is 0 Å². The van der Waals surface area contributed by atoms with Gasteiger partial charge in [-0.15, -0.1) is 22.9 Å². The molecule has 1 heterocycles. The van der Waals surface area contributed by atoms with Crippen molar-refractivity contribution in [3.8, 4) is 0 Å². The maximum atomic E-state index is 12.7. The van der Waals surface area contributed by atoms with Crippen LogP contribution in [-0.4, -0.2) is 5.38 Å². The minimum atomic E-state index is 0.0291. The first kappa shape index (κ1) is 12.6. The van der Waals surface area contributed by atoms with Gasteiger partial charge in [-0.1, -0.05) is 24.3 Å². The van der Waals surface area contributed by atoms with Crippen molar-refractivity contribution >= 4 is 43.1 Å². The lowest BCUT2D eigenvalue weighted by atomic mass is 10.0. The largest absolute Gasteiger partial charge is 0.288 e. The van der Waals surface area contributed by atoms with Crippen molar-refractivity contribution in [1.82, 2.24) is 0 Å². The maximum absolute atomic E-state index is 12.7. The third kappa shape index (κ3) is 2.26. The predicted molar refractivity (Wildman–Crippen MR) is 84.6 cm³/mol. The van der Waals surface area contributed by atoms with Crippen LogP contribution in [0, 0.1) is 0 Å². The molecule has 0 N–H and O–H groups in total. The molecular weight excluding hydrogens is 276 g/mol. The second kappa shape index (κ2) is 4.95. The molecule has 0 saturated carbocycles. The normalized spacial score (nSPS) is 12.9. The van der Waals surface area contributed by atoms with Gasteiger partial charge in [0.1, 0.15) is 0 Å². The van der Waals surface area contributed by atoms with Gasteiger partial charge in [0, 0.05) is 25.5 Å². The second-order valence-electron chi connectivity index (χ2n) is 4.70. The van der Waals surface area contributed by atoms with Crippen LogP contribution in [0.3, 0.4) is 0 Å². The number of hydrogen-bond donors (Lipinski definition) is 0. The summed E-state index contributed by atoms with van der Waals surface area (Å²) in [5, 5.41) is 1.66. The summed E-state index contributed by atoms with van der Waals surface area (Å²) in [7, 11) is 0. The first-order valence-electron chi connectivity index (χ1n) is 6.24. The molecule has 0 aliphatic heterocycles. The molecule has 19 heavy (non-hydrogen) atoms. The van der Waals surface area contributed by atoms with Crippen molar-refractivity contribution in [2.75, 3.05) is 0 Å². The molecule has 96 valence electrons. The minimum Gasteiger partial charge on any atom is -0.288 e. The summed E-state index contributed by atoms with van der Waals surface area (Å²) in [6.07, 6.45) is 0.721. The monoisotopic (exact) mass is 288 g/mol. The van der Waals surface area contributed by atoms with E-state index in [-0.39, 0.29) is 10.8 Å². The smallest absolute Gasteiger partial charge is 0.196 e. The first-order chi connectivity index (χ1) is 9.16. The van der Waals surface area contributed by atoms with E-state index >= 15 is 0 Å². The van der Waals surface area contributed by atoms with Gasteiger partial charge in [-0.2, -0.15) is 0 Å². The van der Waals surface area contributed by atoms with E-state index in [1.54, 1.807) is 11.3 Å². The van der Waals surface area contributed by atoms with Crippen LogP contribution in [0.2, 0.25) is 0 Å². The summed E-state index contributed by atoms with van der Waals surface area (Å²) in [4.78, 5) is 12.7. The van der Waals surface area contributed by atoms with Crippen molar-refractivity contribution in [2.45, 2.75) is 18.7 Å². The van der Waals surface area contributed by atoms with E-state index in [2.05, 4.69) is 0 Å². The van der Waals surface area contributed by atoms with E-state index in [0.29, 0.717) is 0 Å². The summed E-state index contributed by atoms with van der Waals surface area (Å²) >= 11 is 7.75. The predicted octanol–water partition coefficient (Wildman–Crippen LogP) is 4.58. The van der Waals surface area contributed by atoms with Crippen molar-refractivity contribution in [2.24, 2.45) is 0 Å². The fourth-order valence-electron chi connectivity index (χ4n) is 2.39. The van der Waals surface area contributed by atoms with Gasteiger partial charge in [0.2, 0.25) is 0 Å². The Labute approximate surface area is 120 Å². The van der Waals surface area contributed by atoms with Gasteiger partial charge >= 0.3 is 0 Å². The molecule has 1 aromatic heterocycles. The molecule has 0 amide bonds. The topological polar surface area (TPSA) is 17.1 Å². The lowest BCUT2D eigenvalue weighted by Crippen LogP contribution is -2.06. The average Bonchev–Trinajstić information content (AvgIpc) is 2.38. The highest BCUT2D eigenvalue weighted by Crippen LogP contribution is 2.27. The van der Waals surface area contributed by atoms with Gasteiger partial charge in [-0.3, -0.25) is 4.79 Å². The van der Waals surface area contributed by atoms with Gasteiger partial charge in [-0.25, -0.2) is 0 Å². The molecule has 3 rings (SSSR count). The fraction of sp³-hybridized carbons (Fsp3) is 0.188. The maximum Gasteiger partial charge on any atom is 0.196 e. The standard InChI is InChI=1S/C16H13ClOS/c1-10(17)9-11-5-4-8-14-15(11)16(18)12-6-2-3-7-13(12)19-14/h2-8,10H,9H2,1H3. The van der Waals surface area contributed by atoms with Gasteiger partial charge in [-0.05, 0) is 37.1 Å². The number of benzene rings is 2. The van der Waals surface area contributed by atoms with Crippen LogP contribution in [-0.2, 0) is 6.42 Å². The molecule has 1 atom stereocenters. The lowest BCUT2D eigenvalue weighted by Gasteiger charge is -2.08. The summed E-state index contributed by atoms with van der Waals surface area (Å²) < 4.78 is 2.08. The first-order valence-corrected chi connectivity index (χ1v) is 7.49. The Morgan fingerprint density at radius 2 is 1.84 bits per heavy atom. The van der Waals surface area contributed by atoms with Crippen molar-refractivity contribution in [3.63, 3.8) is 0 Å². The molecule has 0 aliphatic rings. The number of hydrogen-bond acceptors (Lipinski definition) is 2. The zero-order chi connectivity index (χ0) is 13.4. The average molecular weight is 289 g/mol. The molecule has 1 nitrogen and oxygen atoms in total. The van der Waals surface area contributed by atoms with Gasteiger partial charge in [0.15, 0.2) is 5.43 Å². The number of halogens is 1. The van der Waals surface area contributed by atoms with Gasteiger partial charge in [0.25, 0.3) is 0 Å². The van der Waals surface area contributed by atoms with Crippen LogP contribution in [0.4, 0.5) is 0 Å². The minimum absolute atomic E-state index is 0.0291. The van der Waals surface area contributed by atoms with Crippen molar-refractivity contribution < 1.29 is 0 Å². The van der Waals surface area contributed by atoms with Crippen LogP contribution in [0.1, 0.15) is 12.5 Å². The number of fused-ring (bicyclic) bond motifs is 2. The molecule has 1 unspecified atom stereocenters. The third-order valence-corrected chi connectivity index (χ3v) is 4.48. The Morgan fingerprint density at radius 3 is 2.63 bits per heavy atom. The molecule has 3 aromatic rings. The molecule has 3 heteroatoms. The molecule has 0 fully saturated rings. The molecule has 0 saturated heterocycles. The zero-order valence-electron chi connectivity index (χ0n) is 10.5. The molecule has 0 radical (unpaired) electrons. The van der Waals surface area contributed by atoms with Gasteiger partial charge < -0.3 is 0 Å². The highest BCUT2D eigenvalue weighted by Gasteiger charge is 2.10. The zero-order valence-corrected chi connectivity index (χ0v) is 12.1.